The Balaban J connectivity index is 0. The Hall–Kier alpha value is -4.41. The van der Waals surface area contributed by atoms with Crippen molar-refractivity contribution in [1.82, 2.24) is 16.0 Å². The first kappa shape index (κ1) is 76.6. The maximum Gasteiger partial charge on any atom is 0.308 e. The fraction of sp³-hybridized carbons (Fsp3) is 0.843. The molecule has 0 saturated carbocycles. The molecule has 0 bridgehead atoms. The molecule has 0 radical (unpaired) electrons. The fourth-order valence-electron chi connectivity index (χ4n) is 6.95. The summed E-state index contributed by atoms with van der Waals surface area (Å²) in [5, 5.41) is 23.6. The van der Waals surface area contributed by atoms with Gasteiger partial charge >= 0.3 is 29.8 Å². The average Bonchev–Trinajstić information content (AvgIpc) is 4.05. The van der Waals surface area contributed by atoms with E-state index in [1.807, 2.05) is 21.6 Å². The van der Waals surface area contributed by atoms with Gasteiger partial charge in [-0.15, -0.1) is 0 Å². The maximum atomic E-state index is 12.4. The van der Waals surface area contributed by atoms with E-state index in [1.165, 1.54) is 6.42 Å². The second kappa shape index (κ2) is 47.0. The number of rotatable bonds is 37. The van der Waals surface area contributed by atoms with Crippen molar-refractivity contribution in [3.05, 3.63) is 20.9 Å². The first-order valence-corrected chi connectivity index (χ1v) is 32.1. The molecule has 2 fully saturated rings. The first-order valence-electron chi connectivity index (χ1n) is 27.8. The van der Waals surface area contributed by atoms with Gasteiger partial charge in [-0.3, -0.25) is 42.7 Å². The fourth-order valence-corrected chi connectivity index (χ4v) is 13.3. The van der Waals surface area contributed by atoms with Gasteiger partial charge in [0.25, 0.3) is 0 Å². The third-order valence-electron chi connectivity index (χ3n) is 10.9. The summed E-state index contributed by atoms with van der Waals surface area (Å²) in [4.78, 5) is 101. The molecule has 2 atom stereocenters. The molecule has 466 valence electrons. The van der Waals surface area contributed by atoms with Gasteiger partial charge in [0.1, 0.15) is 24.4 Å². The zero-order valence-electron chi connectivity index (χ0n) is 49.3. The molecule has 2 saturated heterocycles. The van der Waals surface area contributed by atoms with Gasteiger partial charge in [0.15, 0.2) is 0 Å². The Morgan fingerprint density at radius 2 is 1.00 bits per heavy atom. The lowest BCUT2D eigenvalue weighted by atomic mass is 9.98. The number of carbonyl (C=O) groups is 8. The highest BCUT2D eigenvalue weighted by atomic mass is 33.1. The third kappa shape index (κ3) is 49.9. The van der Waals surface area contributed by atoms with Crippen molar-refractivity contribution >= 4 is 90.7 Å². The quantitative estimate of drug-likeness (QED) is 0.00588. The smallest absolute Gasteiger partial charge is 0.308 e. The van der Waals surface area contributed by atoms with Crippen LogP contribution in [0.1, 0.15) is 171 Å². The molecular formula is C51H93FN12O13S4. The van der Waals surface area contributed by atoms with Crippen LogP contribution >= 0.6 is 43.2 Å². The number of unbranched alkanes of at least 4 members (excludes halogenated alkanes) is 6. The van der Waals surface area contributed by atoms with Crippen LogP contribution in [0, 0.1) is 0 Å². The molecule has 0 aromatic rings. The lowest BCUT2D eigenvalue weighted by Gasteiger charge is -2.23. The van der Waals surface area contributed by atoms with E-state index in [-0.39, 0.29) is 93.4 Å². The first-order chi connectivity index (χ1) is 38.6. The molecule has 10 N–H and O–H groups in total. The number of amides is 3. The molecule has 0 aromatic heterocycles. The van der Waals surface area contributed by atoms with Crippen LogP contribution in [-0.4, -0.2) is 157 Å². The Bertz CT molecular complexity index is 1970. The van der Waals surface area contributed by atoms with E-state index < -0.39 is 60.3 Å². The predicted molar refractivity (Wildman–Crippen MR) is 318 cm³/mol. The molecule has 2 aliphatic heterocycles. The number of nitrogens with zero attached hydrogens (tertiary/aromatic N) is 6. The van der Waals surface area contributed by atoms with E-state index in [1.54, 1.807) is 63.1 Å². The van der Waals surface area contributed by atoms with E-state index in [9.17, 15) is 42.7 Å². The van der Waals surface area contributed by atoms with E-state index in [0.29, 0.717) is 58.2 Å². The number of esters is 4. The van der Waals surface area contributed by atoms with Gasteiger partial charge in [-0.25, -0.2) is 0 Å². The number of halogens is 1. The second-order valence-electron chi connectivity index (χ2n) is 21.2. The number of nitrogens with one attached hydrogen (secondary N) is 3. The molecule has 3 amide bonds. The van der Waals surface area contributed by atoms with Crippen molar-refractivity contribution in [3.63, 3.8) is 0 Å². The van der Waals surface area contributed by atoms with E-state index >= 15 is 0 Å². The van der Waals surface area contributed by atoms with Crippen LogP contribution in [0.5, 0.6) is 0 Å². The highest BCUT2D eigenvalue weighted by Crippen LogP contribution is 2.39. The normalized spacial score (nSPS) is 14.7. The summed E-state index contributed by atoms with van der Waals surface area (Å²) in [6, 6.07) is -1.54. The van der Waals surface area contributed by atoms with Crippen LogP contribution in [0.15, 0.2) is 10.2 Å². The zero-order chi connectivity index (χ0) is 62.3. The standard InChI is InChI=1S/C25H44N6O6S2.C18H30N4O7.C7H16N2S2.CH3F/c1-24(2,3)37-23(35)15-19(30-21(33)9-5-4-7-14-29-31-27)16-36-22(34)11-10-20(32)28-13-8-6-12-25(26)17-38-39-18-25;1-18(2,3)29-17(27)11-13(12-28-16(26)9-8-15(24)25)21-14(23)7-5-4-6-10-20-22-19;8-4-2-1-3-7(9)5-10-11-6-7;1-2/h19H,4-18,26H2,1-3H3,(H,28,32)(H,30,33);13H,4-12H2,1-3H3,(H,21,23)(H,24,25);1-6,8-9H2;1H3/t19-;13-;;/m00../s1/i;;;1D. The Morgan fingerprint density at radius 3 is 1.37 bits per heavy atom. The Morgan fingerprint density at radius 1 is 0.605 bits per heavy atom. The molecule has 0 aliphatic carbocycles. The summed E-state index contributed by atoms with van der Waals surface area (Å²) in [6.45, 7) is 11.9. The Kier molecular flexibility index (Phi) is 44.4. The largest absolute Gasteiger partial charge is 0.481 e. The van der Waals surface area contributed by atoms with E-state index in [4.69, 9.17) is 53.7 Å². The van der Waals surface area contributed by atoms with Crippen LogP contribution in [-0.2, 0) is 57.3 Å². The minimum atomic E-state index is -1.12. The second-order valence-corrected chi connectivity index (χ2v) is 26.2. The minimum absolute atomic E-state index is 0.00806. The zero-order valence-corrected chi connectivity index (χ0v) is 51.6. The van der Waals surface area contributed by atoms with Crippen molar-refractivity contribution in [2.75, 3.05) is 69.6 Å². The van der Waals surface area contributed by atoms with Gasteiger partial charge in [0.05, 0.1) is 52.7 Å². The SMILES string of the molecule is CC(C)(C)OC(=O)C[C@@H](COC(=O)CCC(=O)NCCCCC1(N)CSSC1)NC(=O)CCCCCN=[N+]=[N-].CC(C)(C)OC(=O)C[C@@H](COC(=O)CCC(=O)O)NC(=O)CCCCCN=[N+]=[N-].NCCCCC1(N)CSSC1.[2H]CF. The molecule has 2 aliphatic rings. The van der Waals surface area contributed by atoms with Gasteiger partial charge in [-0.1, -0.05) is 72.7 Å². The third-order valence-corrected chi connectivity index (χ3v) is 16.5. The minimum Gasteiger partial charge on any atom is -0.481 e. The van der Waals surface area contributed by atoms with E-state index in [0.717, 1.165) is 61.7 Å². The van der Waals surface area contributed by atoms with Crippen molar-refractivity contribution < 1.29 is 68.2 Å². The van der Waals surface area contributed by atoms with E-state index in [2.05, 4.69) is 36.0 Å². The average molecular weight is 1230 g/mol. The summed E-state index contributed by atoms with van der Waals surface area (Å²) in [6.07, 6.45) is 9.36. The maximum absolute atomic E-state index is 12.4. The summed E-state index contributed by atoms with van der Waals surface area (Å²) in [7, 11) is 6.40. The summed E-state index contributed by atoms with van der Waals surface area (Å²) in [5.74, 6) is -0.225. The topological polar surface area (TPSA) is 405 Å². The number of alkyl halides is 1. The molecule has 81 heavy (non-hydrogen) atoms. The summed E-state index contributed by atoms with van der Waals surface area (Å²) >= 11 is 0. The van der Waals surface area contributed by atoms with Crippen molar-refractivity contribution in [1.29, 1.82) is 0 Å². The summed E-state index contributed by atoms with van der Waals surface area (Å²) < 4.78 is 36.3. The highest BCUT2D eigenvalue weighted by molar-refractivity contribution is 8.77. The van der Waals surface area contributed by atoms with Crippen LogP contribution in [0.2, 0.25) is 0 Å². The molecule has 0 aromatic carbocycles. The van der Waals surface area contributed by atoms with Crippen LogP contribution < -0.4 is 33.2 Å². The van der Waals surface area contributed by atoms with Crippen molar-refractivity contribution in [2.45, 2.75) is 204 Å². The number of aliphatic carboxylic acids is 1. The number of carboxylic acids is 1. The van der Waals surface area contributed by atoms with Gasteiger partial charge in [0.2, 0.25) is 17.7 Å². The highest BCUT2D eigenvalue weighted by Gasteiger charge is 2.31. The van der Waals surface area contributed by atoms with Crippen LogP contribution in [0.4, 0.5) is 4.39 Å². The number of azide groups is 2. The Labute approximate surface area is 494 Å². The van der Waals surface area contributed by atoms with Crippen molar-refractivity contribution in [2.24, 2.45) is 27.4 Å². The number of ether oxygens (including phenoxy) is 4. The molecule has 2 rings (SSSR count). The van der Waals surface area contributed by atoms with Gasteiger partial charge in [-0.2, -0.15) is 0 Å². The molecule has 0 unspecified atom stereocenters. The van der Waals surface area contributed by atoms with Gasteiger partial charge in [0, 0.05) is 82.8 Å². The van der Waals surface area contributed by atoms with Crippen LogP contribution in [0.25, 0.3) is 20.9 Å². The van der Waals surface area contributed by atoms with Gasteiger partial charge < -0.3 is 57.2 Å². The number of hydrogen-bond donors (Lipinski definition) is 7. The number of carboxylic acid groups (broad SMARTS) is 1. The number of hydrogen-bond acceptors (Lipinski definition) is 21. The van der Waals surface area contributed by atoms with Crippen molar-refractivity contribution in [3.8, 4) is 0 Å². The predicted octanol–water partition coefficient (Wildman–Crippen LogP) is 8.05. The monoisotopic (exact) mass is 1230 g/mol. The number of carbonyl (C=O) groups excluding carboxylic acids is 7. The number of nitrogens with two attached hydrogens (primary N) is 3. The molecular weight excluding hydrogens is 1140 g/mol. The molecule has 25 nitrogen and oxygen atoms in total. The summed E-state index contributed by atoms with van der Waals surface area (Å²) in [5.41, 5.74) is 32.9. The lowest BCUT2D eigenvalue weighted by Crippen LogP contribution is -2.42. The molecule has 30 heteroatoms. The van der Waals surface area contributed by atoms with Crippen LogP contribution in [0.3, 0.4) is 0 Å². The molecule has 2 heterocycles. The van der Waals surface area contributed by atoms with Gasteiger partial charge in [-0.05, 0) is 117 Å². The lowest BCUT2D eigenvalue weighted by molar-refractivity contribution is -0.158. The molecule has 0 spiro atoms.